The number of carbonyl (C=O) groups is 2. The number of sulfonamides is 1. The van der Waals surface area contributed by atoms with Crippen molar-refractivity contribution in [2.75, 3.05) is 43.6 Å². The molecular weight excluding hydrogens is 310 g/mol. The molecule has 0 unspecified atom stereocenters. The molecule has 0 bridgehead atoms. The summed E-state index contributed by atoms with van der Waals surface area (Å²) in [4.78, 5) is 21.6. The molecule has 1 aromatic rings. The quantitative estimate of drug-likeness (QED) is 0.401. The van der Waals surface area contributed by atoms with Gasteiger partial charge in [-0.25, -0.2) is 13.1 Å². The summed E-state index contributed by atoms with van der Waals surface area (Å²) in [5.74, 6) is -0.839. The average molecular weight is 329 g/mol. The molecule has 0 aliphatic rings. The Morgan fingerprint density at radius 3 is 2.05 bits per heavy atom. The Morgan fingerprint density at radius 2 is 1.64 bits per heavy atom. The fourth-order valence-electron chi connectivity index (χ4n) is 1.81. The third-order valence-corrected chi connectivity index (χ3v) is 4.25. The van der Waals surface area contributed by atoms with Crippen LogP contribution in [-0.4, -0.2) is 48.4 Å². The number of hydrogen-bond donors (Lipinski definition) is 5. The van der Waals surface area contributed by atoms with E-state index >= 15 is 0 Å². The Morgan fingerprint density at radius 1 is 1.09 bits per heavy atom. The Kier molecular flexibility index (Phi) is 5.99. The molecule has 22 heavy (non-hydrogen) atoms. The van der Waals surface area contributed by atoms with E-state index in [0.29, 0.717) is 23.5 Å². The first-order valence-corrected chi connectivity index (χ1v) is 7.82. The Balaban J connectivity index is 3.28. The summed E-state index contributed by atoms with van der Waals surface area (Å²) in [6.07, 6.45) is 0.311. The van der Waals surface area contributed by atoms with Crippen LogP contribution in [0.2, 0.25) is 0 Å². The highest BCUT2D eigenvalue weighted by atomic mass is 32.2. The first-order chi connectivity index (χ1) is 10.4. The van der Waals surface area contributed by atoms with Crippen LogP contribution >= 0.6 is 0 Å². The number of carbonyl (C=O) groups excluding carboxylic acids is 2. The molecule has 0 aliphatic carbocycles. The molecule has 0 fully saturated rings. The second kappa shape index (κ2) is 7.50. The maximum absolute atomic E-state index is 12.4. The number of anilines is 3. The fourth-order valence-corrected chi connectivity index (χ4v) is 3.18. The predicted molar refractivity (Wildman–Crippen MR) is 84.5 cm³/mol. The minimum absolute atomic E-state index is 0.0871. The topological polar surface area (TPSA) is 128 Å². The fraction of sp³-hybridized carbons (Fsp3) is 0.333. The number of nitrogens with one attached hydrogen (secondary N) is 5. The van der Waals surface area contributed by atoms with Crippen LogP contribution in [0, 0.1) is 0 Å². The number of amides is 2. The lowest BCUT2D eigenvalue weighted by Gasteiger charge is -2.17. The molecule has 0 atom stereocenters. The van der Waals surface area contributed by atoms with Crippen molar-refractivity contribution < 1.29 is 18.0 Å². The molecule has 5 N–H and O–H groups in total. The van der Waals surface area contributed by atoms with Crippen LogP contribution in [-0.2, 0) is 19.6 Å². The summed E-state index contributed by atoms with van der Waals surface area (Å²) in [5, 5.41) is 10.6. The van der Waals surface area contributed by atoms with Gasteiger partial charge in [0.25, 0.3) is 15.9 Å². The zero-order chi connectivity index (χ0) is 16.8. The van der Waals surface area contributed by atoms with Crippen molar-refractivity contribution in [1.82, 2.24) is 10.0 Å². The first-order valence-electron chi connectivity index (χ1n) is 6.33. The lowest BCUT2D eigenvalue weighted by Crippen LogP contribution is -2.37. The van der Waals surface area contributed by atoms with Crippen LogP contribution in [0.4, 0.5) is 17.1 Å². The molecular formula is C12H19N5O4S. The average Bonchev–Trinajstić information content (AvgIpc) is 2.50. The molecule has 0 aromatic heterocycles. The predicted octanol–water partition coefficient (Wildman–Crippen LogP) is -0.637. The zero-order valence-corrected chi connectivity index (χ0v) is 13.3. The molecule has 0 saturated carbocycles. The third kappa shape index (κ3) is 4.01. The van der Waals surface area contributed by atoms with E-state index in [9.17, 15) is 18.0 Å². The van der Waals surface area contributed by atoms with Crippen molar-refractivity contribution >= 4 is 39.4 Å². The van der Waals surface area contributed by atoms with E-state index < -0.39 is 22.5 Å². The van der Waals surface area contributed by atoms with Gasteiger partial charge >= 0.3 is 0 Å². The van der Waals surface area contributed by atoms with Crippen LogP contribution in [0.25, 0.3) is 0 Å². The van der Waals surface area contributed by atoms with Gasteiger partial charge in [0.05, 0.1) is 17.9 Å². The van der Waals surface area contributed by atoms with Gasteiger partial charge in [0.15, 0.2) is 0 Å². The largest absolute Gasteiger partial charge is 0.388 e. The molecule has 0 aliphatic heterocycles. The van der Waals surface area contributed by atoms with E-state index in [2.05, 4.69) is 21.3 Å². The van der Waals surface area contributed by atoms with Crippen LogP contribution in [0.15, 0.2) is 17.0 Å². The van der Waals surface area contributed by atoms with Gasteiger partial charge in [-0.1, -0.05) is 0 Å². The second-order valence-electron chi connectivity index (χ2n) is 4.18. The summed E-state index contributed by atoms with van der Waals surface area (Å²) >= 11 is 0. The molecule has 122 valence electrons. The van der Waals surface area contributed by atoms with Crippen molar-refractivity contribution in [2.24, 2.45) is 0 Å². The van der Waals surface area contributed by atoms with Crippen molar-refractivity contribution in [3.05, 3.63) is 12.1 Å². The molecule has 0 spiro atoms. The highest BCUT2D eigenvalue weighted by Crippen LogP contribution is 2.32. The van der Waals surface area contributed by atoms with Crippen molar-refractivity contribution in [3.8, 4) is 0 Å². The van der Waals surface area contributed by atoms with Gasteiger partial charge in [-0.2, -0.15) is 0 Å². The molecule has 0 saturated heterocycles. The van der Waals surface area contributed by atoms with Gasteiger partial charge in [-0.05, 0) is 12.1 Å². The monoisotopic (exact) mass is 329 g/mol. The van der Waals surface area contributed by atoms with Crippen LogP contribution in [0.5, 0.6) is 0 Å². The lowest BCUT2D eigenvalue weighted by atomic mass is 10.2. The lowest BCUT2D eigenvalue weighted by molar-refractivity contribution is -0.120. The highest BCUT2D eigenvalue weighted by Gasteiger charge is 2.25. The van der Waals surface area contributed by atoms with Gasteiger partial charge in [0.2, 0.25) is 6.41 Å². The van der Waals surface area contributed by atoms with Crippen LogP contribution in [0.1, 0.15) is 0 Å². The summed E-state index contributed by atoms with van der Waals surface area (Å²) < 4.78 is 26.7. The molecule has 0 heterocycles. The molecule has 0 radical (unpaired) electrons. The summed E-state index contributed by atoms with van der Waals surface area (Å²) in [7, 11) is 0.740. The number of hydrogen-bond acceptors (Lipinski definition) is 7. The Labute approximate surface area is 128 Å². The summed E-state index contributed by atoms with van der Waals surface area (Å²) in [6.45, 7) is -0.429. The van der Waals surface area contributed by atoms with E-state index in [1.54, 1.807) is 33.3 Å². The van der Waals surface area contributed by atoms with Crippen LogP contribution < -0.4 is 26.0 Å². The third-order valence-electron chi connectivity index (χ3n) is 2.78. The molecule has 10 heteroatoms. The molecule has 1 aromatic carbocycles. The Bertz CT molecular complexity index is 634. The minimum Gasteiger partial charge on any atom is -0.388 e. The van der Waals surface area contributed by atoms with Crippen molar-refractivity contribution in [1.29, 1.82) is 0 Å². The first kappa shape index (κ1) is 17.6. The molecule has 1 rings (SSSR count). The maximum atomic E-state index is 12.4. The van der Waals surface area contributed by atoms with Gasteiger partial charge in [0.1, 0.15) is 4.90 Å². The van der Waals surface area contributed by atoms with E-state index in [4.69, 9.17) is 0 Å². The van der Waals surface area contributed by atoms with E-state index in [1.807, 2.05) is 4.72 Å². The van der Waals surface area contributed by atoms with Gasteiger partial charge in [-0.15, -0.1) is 0 Å². The number of benzene rings is 1. The summed E-state index contributed by atoms with van der Waals surface area (Å²) in [5.41, 5.74) is 1.33. The van der Waals surface area contributed by atoms with E-state index in [-0.39, 0.29) is 4.90 Å². The minimum atomic E-state index is -4.11. The second-order valence-corrected chi connectivity index (χ2v) is 5.80. The maximum Gasteiger partial charge on any atom is 0.268 e. The van der Waals surface area contributed by atoms with E-state index in [0.717, 1.165) is 0 Å². The SMILES string of the molecule is CNc1cc(NC)c(S(=O)(=O)NC(=O)CNC=O)c(NC)c1. The molecule has 2 amide bonds. The van der Waals surface area contributed by atoms with E-state index in [1.165, 1.54) is 0 Å². The van der Waals surface area contributed by atoms with Crippen molar-refractivity contribution in [2.45, 2.75) is 4.90 Å². The summed E-state index contributed by atoms with van der Waals surface area (Å²) in [6, 6.07) is 3.20. The van der Waals surface area contributed by atoms with Crippen molar-refractivity contribution in [3.63, 3.8) is 0 Å². The van der Waals surface area contributed by atoms with Gasteiger partial charge < -0.3 is 21.3 Å². The van der Waals surface area contributed by atoms with Gasteiger partial charge in [0, 0.05) is 26.8 Å². The van der Waals surface area contributed by atoms with Gasteiger partial charge in [-0.3, -0.25) is 9.59 Å². The Hall–Kier alpha value is -2.49. The zero-order valence-electron chi connectivity index (χ0n) is 12.5. The highest BCUT2D eigenvalue weighted by molar-refractivity contribution is 7.90. The normalized spacial score (nSPS) is 10.5. The smallest absolute Gasteiger partial charge is 0.268 e. The number of rotatable bonds is 8. The standard InChI is InChI=1S/C12H19N5O4S/c1-13-8-4-9(14-2)12(10(5-8)15-3)22(20,21)17-11(19)6-16-7-18/h4-5,7,13-15H,6H2,1-3H3,(H,16,18)(H,17,19). The van der Waals surface area contributed by atoms with Crippen LogP contribution in [0.3, 0.4) is 0 Å². The molecule has 9 nitrogen and oxygen atoms in total.